The highest BCUT2D eigenvalue weighted by molar-refractivity contribution is 6.10. The summed E-state index contributed by atoms with van der Waals surface area (Å²) in [5.41, 5.74) is 2.37. The van der Waals surface area contributed by atoms with Crippen molar-refractivity contribution in [3.63, 3.8) is 0 Å². The number of para-hydroxylation sites is 1. The molecule has 1 spiro atoms. The van der Waals surface area contributed by atoms with E-state index in [0.29, 0.717) is 29.7 Å². The van der Waals surface area contributed by atoms with Gasteiger partial charge in [0.15, 0.2) is 0 Å². The largest absolute Gasteiger partial charge is 0.497 e. The fraction of sp³-hybridized carbons (Fsp3) is 0.220. The molecule has 5 aromatic rings. The predicted molar refractivity (Wildman–Crippen MR) is 184 cm³/mol. The van der Waals surface area contributed by atoms with Gasteiger partial charge in [0.2, 0.25) is 5.91 Å². The van der Waals surface area contributed by atoms with Crippen molar-refractivity contribution in [2.75, 3.05) is 18.6 Å². The minimum atomic E-state index is -4.65. The number of amides is 2. The highest BCUT2D eigenvalue weighted by Crippen LogP contribution is 2.54. The highest BCUT2D eigenvalue weighted by Gasteiger charge is 2.59. The number of aliphatic hydroxyl groups is 1. The Bertz CT molecular complexity index is 2040. The van der Waals surface area contributed by atoms with E-state index in [1.165, 1.54) is 23.1 Å². The number of rotatable bonds is 8. The smallest absolute Gasteiger partial charge is 0.416 e. The average Bonchev–Trinajstić information content (AvgIpc) is 3.14. The van der Waals surface area contributed by atoms with E-state index in [1.54, 1.807) is 60.5 Å². The van der Waals surface area contributed by atoms with E-state index in [9.17, 15) is 23.1 Å². The number of hydrogen-bond acceptors (Lipinski definition) is 4. The molecule has 1 N–H and O–H groups in total. The second kappa shape index (κ2) is 13.1. The van der Waals surface area contributed by atoms with E-state index >= 15 is 4.79 Å². The number of carbonyl (C=O) groups is 2. The lowest BCUT2D eigenvalue weighted by molar-refractivity contribution is -0.138. The van der Waals surface area contributed by atoms with Crippen molar-refractivity contribution >= 4 is 17.5 Å². The summed E-state index contributed by atoms with van der Waals surface area (Å²) in [5.74, 6) is 0.0173. The van der Waals surface area contributed by atoms with Gasteiger partial charge in [0, 0.05) is 24.3 Å². The third-order valence-corrected chi connectivity index (χ3v) is 9.98. The van der Waals surface area contributed by atoms with Crippen molar-refractivity contribution < 1.29 is 32.6 Å². The van der Waals surface area contributed by atoms with Crippen LogP contribution in [0.15, 0.2) is 121 Å². The molecule has 6 nitrogen and oxygen atoms in total. The number of alkyl halides is 3. The van der Waals surface area contributed by atoms with Crippen LogP contribution in [-0.2, 0) is 42.4 Å². The standard InChI is InChI=1S/C41H35F3N2O4/c1-50-32-20-16-27(17-21-32)22-23-45-36-13-7-3-8-30(36)24-40(39(45)49)35-12-6-4-10-33(35)38(48)46(37(40)29-18-14-28(26-47)15-19-29)25-31-9-2-5-11-34(31)41(42,43)44/h2-21,37,47H,22-26H2,1H3/t37-,40-/m0/s1. The van der Waals surface area contributed by atoms with Crippen LogP contribution in [0, 0.1) is 0 Å². The van der Waals surface area contributed by atoms with Crippen LogP contribution < -0.4 is 9.64 Å². The molecule has 0 bridgehead atoms. The number of ether oxygens (including phenoxy) is 1. The van der Waals surface area contributed by atoms with Gasteiger partial charge in [-0.1, -0.05) is 91.0 Å². The molecule has 50 heavy (non-hydrogen) atoms. The van der Waals surface area contributed by atoms with Gasteiger partial charge >= 0.3 is 6.18 Å². The van der Waals surface area contributed by atoms with Gasteiger partial charge in [0.1, 0.15) is 11.2 Å². The lowest BCUT2D eigenvalue weighted by atomic mass is 9.61. The average molecular weight is 677 g/mol. The minimum Gasteiger partial charge on any atom is -0.497 e. The Hall–Kier alpha value is -5.41. The number of methoxy groups -OCH3 is 1. The van der Waals surface area contributed by atoms with Crippen LogP contribution in [0.2, 0.25) is 0 Å². The van der Waals surface area contributed by atoms with Gasteiger partial charge in [-0.25, -0.2) is 0 Å². The Morgan fingerprint density at radius 2 is 1.48 bits per heavy atom. The van der Waals surface area contributed by atoms with Gasteiger partial charge in [-0.15, -0.1) is 0 Å². The zero-order chi connectivity index (χ0) is 35.0. The van der Waals surface area contributed by atoms with Gasteiger partial charge in [0.05, 0.1) is 25.3 Å². The zero-order valence-corrected chi connectivity index (χ0v) is 27.4. The van der Waals surface area contributed by atoms with Crippen LogP contribution >= 0.6 is 0 Å². The Labute approximate surface area is 288 Å². The van der Waals surface area contributed by atoms with Crippen LogP contribution in [0.1, 0.15) is 55.3 Å². The molecule has 0 radical (unpaired) electrons. The molecule has 5 aromatic carbocycles. The molecule has 2 atom stereocenters. The quantitative estimate of drug-likeness (QED) is 0.183. The summed E-state index contributed by atoms with van der Waals surface area (Å²) < 4.78 is 48.3. The summed E-state index contributed by atoms with van der Waals surface area (Å²) in [6.45, 7) is -0.267. The molecule has 0 aromatic heterocycles. The summed E-state index contributed by atoms with van der Waals surface area (Å²) >= 11 is 0. The van der Waals surface area contributed by atoms with E-state index in [-0.39, 0.29) is 36.6 Å². The Kier molecular flexibility index (Phi) is 8.70. The summed E-state index contributed by atoms with van der Waals surface area (Å²) in [6, 6.07) is 33.5. The zero-order valence-electron chi connectivity index (χ0n) is 27.4. The van der Waals surface area contributed by atoms with Gasteiger partial charge in [-0.2, -0.15) is 13.2 Å². The lowest BCUT2D eigenvalue weighted by Crippen LogP contribution is -2.62. The van der Waals surface area contributed by atoms with Crippen LogP contribution in [0.25, 0.3) is 0 Å². The maximum Gasteiger partial charge on any atom is 0.416 e. The van der Waals surface area contributed by atoms with Crippen LogP contribution in [-0.4, -0.2) is 35.5 Å². The van der Waals surface area contributed by atoms with E-state index < -0.39 is 29.1 Å². The molecule has 2 heterocycles. The summed E-state index contributed by atoms with van der Waals surface area (Å²) in [6.07, 6.45) is -3.91. The third kappa shape index (κ3) is 5.71. The molecular weight excluding hydrogens is 641 g/mol. The molecule has 0 aliphatic carbocycles. The molecule has 0 saturated carbocycles. The molecule has 0 fully saturated rings. The normalized spacial score (nSPS) is 18.6. The van der Waals surface area contributed by atoms with E-state index in [0.717, 1.165) is 28.6 Å². The van der Waals surface area contributed by atoms with Crippen LogP contribution in [0.5, 0.6) is 5.75 Å². The third-order valence-electron chi connectivity index (χ3n) is 9.98. The molecular formula is C41H35F3N2O4. The first-order chi connectivity index (χ1) is 24.2. The number of nitrogens with zero attached hydrogens (tertiary/aromatic N) is 2. The number of benzene rings is 5. The van der Waals surface area contributed by atoms with Crippen LogP contribution in [0.4, 0.5) is 18.9 Å². The number of hydrogen-bond donors (Lipinski definition) is 1. The monoisotopic (exact) mass is 676 g/mol. The van der Waals surface area contributed by atoms with Crippen LogP contribution in [0.3, 0.4) is 0 Å². The van der Waals surface area contributed by atoms with Crippen molar-refractivity contribution in [2.45, 2.75) is 43.6 Å². The number of aliphatic hydroxyl groups excluding tert-OH is 1. The first-order valence-corrected chi connectivity index (χ1v) is 16.4. The maximum absolute atomic E-state index is 15.5. The molecule has 0 saturated heterocycles. The second-order valence-electron chi connectivity index (χ2n) is 12.8. The van der Waals surface area contributed by atoms with E-state index in [1.807, 2.05) is 48.5 Å². The second-order valence-corrected chi connectivity index (χ2v) is 12.8. The molecule has 7 rings (SSSR count). The fourth-order valence-electron chi connectivity index (χ4n) is 7.62. The first-order valence-electron chi connectivity index (χ1n) is 16.4. The molecule has 9 heteroatoms. The van der Waals surface area contributed by atoms with Gasteiger partial charge < -0.3 is 19.6 Å². The maximum atomic E-state index is 15.5. The topological polar surface area (TPSA) is 70.1 Å². The van der Waals surface area contributed by atoms with Gasteiger partial charge in [-0.3, -0.25) is 9.59 Å². The summed E-state index contributed by atoms with van der Waals surface area (Å²) in [7, 11) is 1.60. The Balaban J connectivity index is 1.43. The molecule has 2 aliphatic rings. The van der Waals surface area contributed by atoms with E-state index in [2.05, 4.69) is 0 Å². The van der Waals surface area contributed by atoms with E-state index in [4.69, 9.17) is 4.74 Å². The van der Waals surface area contributed by atoms with Crippen molar-refractivity contribution in [2.24, 2.45) is 0 Å². The summed E-state index contributed by atoms with van der Waals surface area (Å²) in [4.78, 5) is 33.3. The molecule has 2 aliphatic heterocycles. The van der Waals surface area contributed by atoms with Gasteiger partial charge in [-0.05, 0) is 76.6 Å². The Morgan fingerprint density at radius 1 is 0.820 bits per heavy atom. The van der Waals surface area contributed by atoms with Crippen molar-refractivity contribution in [3.05, 3.63) is 166 Å². The minimum absolute atomic E-state index is 0.0696. The SMILES string of the molecule is COc1ccc(CCN2C(=O)[C@@]3(Cc4ccccc42)c2ccccc2C(=O)N(Cc2ccccc2C(F)(F)F)[C@H]3c2ccc(CO)cc2)cc1. The van der Waals surface area contributed by atoms with Gasteiger partial charge in [0.25, 0.3) is 5.91 Å². The summed E-state index contributed by atoms with van der Waals surface area (Å²) in [5, 5.41) is 9.84. The molecule has 254 valence electrons. The highest BCUT2D eigenvalue weighted by atomic mass is 19.4. The lowest BCUT2D eigenvalue weighted by Gasteiger charge is -2.53. The van der Waals surface area contributed by atoms with Crippen molar-refractivity contribution in [3.8, 4) is 5.75 Å². The van der Waals surface area contributed by atoms with Crippen molar-refractivity contribution in [1.82, 2.24) is 4.90 Å². The Morgan fingerprint density at radius 3 is 2.20 bits per heavy atom. The number of fused-ring (bicyclic) bond motifs is 3. The molecule has 2 amide bonds. The number of anilines is 1. The fourth-order valence-corrected chi connectivity index (χ4v) is 7.62. The number of carbonyl (C=O) groups excluding carboxylic acids is 2. The predicted octanol–water partition coefficient (Wildman–Crippen LogP) is 7.67. The number of halogens is 3. The first kappa shape index (κ1) is 33.1. The van der Waals surface area contributed by atoms with Crippen molar-refractivity contribution in [1.29, 1.82) is 0 Å². The molecule has 0 unspecified atom stereocenters.